The molecule has 6 nitrogen and oxygen atoms in total. The molecule has 4 rings (SSSR count). The molecule has 2 aromatic carbocycles. The number of likely N-dealkylation sites (N-methyl/N-ethyl adjacent to an activating group) is 1. The van der Waals surface area contributed by atoms with Gasteiger partial charge in [0.2, 0.25) is 5.91 Å². The zero-order valence-electron chi connectivity index (χ0n) is 16.2. The Bertz CT molecular complexity index is 1190. The molecule has 1 N–H and O–H groups in total. The van der Waals surface area contributed by atoms with E-state index in [2.05, 4.69) is 10.1 Å². The van der Waals surface area contributed by atoms with E-state index in [0.29, 0.717) is 18.8 Å². The van der Waals surface area contributed by atoms with Crippen LogP contribution in [0.25, 0.3) is 22.2 Å². The maximum absolute atomic E-state index is 12.9. The summed E-state index contributed by atoms with van der Waals surface area (Å²) in [6.07, 6.45) is 1.93. The zero-order valence-corrected chi connectivity index (χ0v) is 16.2. The second-order valence-corrected chi connectivity index (χ2v) is 6.85. The van der Waals surface area contributed by atoms with Crippen molar-refractivity contribution >= 4 is 16.8 Å². The third-order valence-corrected chi connectivity index (χ3v) is 4.99. The van der Waals surface area contributed by atoms with E-state index in [1.165, 1.54) is 10.7 Å². The van der Waals surface area contributed by atoms with Crippen LogP contribution in [-0.4, -0.2) is 32.1 Å². The van der Waals surface area contributed by atoms with Crippen LogP contribution in [0.15, 0.2) is 77.7 Å². The first-order valence-corrected chi connectivity index (χ1v) is 9.62. The first-order chi connectivity index (χ1) is 14.2. The Morgan fingerprint density at radius 1 is 1.03 bits per heavy atom. The summed E-state index contributed by atoms with van der Waals surface area (Å²) in [4.78, 5) is 30.2. The molecule has 0 bridgehead atoms. The summed E-state index contributed by atoms with van der Waals surface area (Å²) < 4.78 is 1.24. The van der Waals surface area contributed by atoms with E-state index >= 15 is 0 Å². The lowest BCUT2D eigenvalue weighted by atomic mass is 10.1. The molecule has 146 valence electrons. The van der Waals surface area contributed by atoms with Gasteiger partial charge in [-0.2, -0.15) is 5.10 Å². The molecule has 0 aliphatic carbocycles. The number of aromatic amines is 1. The van der Waals surface area contributed by atoms with Crippen molar-refractivity contribution in [1.82, 2.24) is 19.7 Å². The van der Waals surface area contributed by atoms with E-state index in [-0.39, 0.29) is 18.0 Å². The molecule has 0 unspecified atom stereocenters. The van der Waals surface area contributed by atoms with Crippen LogP contribution in [0.1, 0.15) is 12.5 Å². The van der Waals surface area contributed by atoms with Gasteiger partial charge in [0, 0.05) is 41.8 Å². The number of rotatable bonds is 6. The van der Waals surface area contributed by atoms with Crippen molar-refractivity contribution in [2.75, 3.05) is 6.54 Å². The predicted molar refractivity (Wildman–Crippen MR) is 113 cm³/mol. The number of carbonyl (C=O) groups is 1. The minimum atomic E-state index is -0.291. The maximum atomic E-state index is 12.9. The number of fused-ring (bicyclic) bond motifs is 1. The number of hydrogen-bond donors (Lipinski definition) is 1. The summed E-state index contributed by atoms with van der Waals surface area (Å²) in [5.41, 5.74) is 3.37. The van der Waals surface area contributed by atoms with Gasteiger partial charge in [-0.25, -0.2) is 4.68 Å². The lowest BCUT2D eigenvalue weighted by Gasteiger charge is -2.21. The van der Waals surface area contributed by atoms with E-state index in [1.54, 1.807) is 11.0 Å². The largest absolute Gasteiger partial charge is 0.361 e. The average Bonchev–Trinajstić information content (AvgIpc) is 3.17. The van der Waals surface area contributed by atoms with E-state index in [0.717, 1.165) is 22.0 Å². The molecule has 0 atom stereocenters. The third-order valence-electron chi connectivity index (χ3n) is 4.99. The monoisotopic (exact) mass is 386 g/mol. The standard InChI is InChI=1S/C23H22N4O2/c1-2-26(15-18-14-24-21-11-7-6-10-19(18)21)23(29)16-27-22(28)13-12-20(25-27)17-8-4-3-5-9-17/h3-14,24H,2,15-16H2,1H3. The number of nitrogens with one attached hydrogen (secondary N) is 1. The molecule has 0 saturated carbocycles. The van der Waals surface area contributed by atoms with Crippen LogP contribution in [-0.2, 0) is 17.9 Å². The van der Waals surface area contributed by atoms with Crippen LogP contribution < -0.4 is 5.56 Å². The van der Waals surface area contributed by atoms with Crippen molar-refractivity contribution < 1.29 is 4.79 Å². The molecule has 0 fully saturated rings. The molecule has 2 heterocycles. The molecular weight excluding hydrogens is 364 g/mol. The number of H-pyrrole nitrogens is 1. The quantitative estimate of drug-likeness (QED) is 0.552. The van der Waals surface area contributed by atoms with Crippen molar-refractivity contribution in [2.45, 2.75) is 20.0 Å². The molecular formula is C23H22N4O2. The van der Waals surface area contributed by atoms with Crippen LogP contribution in [0.2, 0.25) is 0 Å². The summed E-state index contributed by atoms with van der Waals surface area (Å²) >= 11 is 0. The molecule has 0 saturated heterocycles. The maximum Gasteiger partial charge on any atom is 0.267 e. The van der Waals surface area contributed by atoms with Gasteiger partial charge in [-0.15, -0.1) is 0 Å². The Morgan fingerprint density at radius 3 is 2.59 bits per heavy atom. The van der Waals surface area contributed by atoms with Crippen LogP contribution in [0.4, 0.5) is 0 Å². The number of carbonyl (C=O) groups excluding carboxylic acids is 1. The minimum absolute atomic E-state index is 0.0876. The Hall–Kier alpha value is -3.67. The van der Waals surface area contributed by atoms with Gasteiger partial charge in [0.25, 0.3) is 5.56 Å². The van der Waals surface area contributed by atoms with Gasteiger partial charge in [-0.1, -0.05) is 48.5 Å². The highest BCUT2D eigenvalue weighted by Crippen LogP contribution is 2.19. The van der Waals surface area contributed by atoms with Gasteiger partial charge in [-0.05, 0) is 24.6 Å². The van der Waals surface area contributed by atoms with Crippen molar-refractivity contribution in [1.29, 1.82) is 0 Å². The van der Waals surface area contributed by atoms with Crippen molar-refractivity contribution in [2.24, 2.45) is 0 Å². The van der Waals surface area contributed by atoms with E-state index in [1.807, 2.05) is 67.7 Å². The molecule has 29 heavy (non-hydrogen) atoms. The second-order valence-electron chi connectivity index (χ2n) is 6.85. The Labute approximate surface area is 168 Å². The number of hydrogen-bond acceptors (Lipinski definition) is 3. The lowest BCUT2D eigenvalue weighted by Crippen LogP contribution is -2.36. The normalized spacial score (nSPS) is 10.9. The van der Waals surface area contributed by atoms with Gasteiger partial charge < -0.3 is 9.88 Å². The topological polar surface area (TPSA) is 71.0 Å². The first kappa shape index (κ1) is 18.7. The molecule has 0 radical (unpaired) electrons. The van der Waals surface area contributed by atoms with Crippen molar-refractivity contribution in [3.63, 3.8) is 0 Å². The van der Waals surface area contributed by atoms with Crippen LogP contribution in [0, 0.1) is 0 Å². The van der Waals surface area contributed by atoms with Gasteiger partial charge >= 0.3 is 0 Å². The van der Waals surface area contributed by atoms with Gasteiger partial charge in [0.05, 0.1) is 5.69 Å². The lowest BCUT2D eigenvalue weighted by molar-refractivity contribution is -0.132. The molecule has 1 amide bonds. The number of nitrogens with zero attached hydrogens (tertiary/aromatic N) is 3. The Kier molecular flexibility index (Phi) is 5.24. The fraction of sp³-hybridized carbons (Fsp3) is 0.174. The van der Waals surface area contributed by atoms with Crippen LogP contribution in [0.3, 0.4) is 0 Å². The highest BCUT2D eigenvalue weighted by molar-refractivity contribution is 5.84. The summed E-state index contributed by atoms with van der Waals surface area (Å²) in [5, 5.41) is 5.49. The highest BCUT2D eigenvalue weighted by atomic mass is 16.2. The molecule has 6 heteroatoms. The molecule has 0 aliphatic heterocycles. The zero-order chi connectivity index (χ0) is 20.2. The van der Waals surface area contributed by atoms with E-state index in [4.69, 9.17) is 0 Å². The summed E-state index contributed by atoms with van der Waals surface area (Å²) in [5.74, 6) is -0.141. The van der Waals surface area contributed by atoms with Crippen LogP contribution in [0.5, 0.6) is 0 Å². The summed E-state index contributed by atoms with van der Waals surface area (Å²) in [6, 6.07) is 20.7. The van der Waals surface area contributed by atoms with Gasteiger partial charge in [0.15, 0.2) is 0 Å². The fourth-order valence-electron chi connectivity index (χ4n) is 3.40. The van der Waals surface area contributed by atoms with Crippen molar-refractivity contribution in [3.8, 4) is 11.3 Å². The van der Waals surface area contributed by atoms with Gasteiger partial charge in [-0.3, -0.25) is 9.59 Å². The van der Waals surface area contributed by atoms with Crippen molar-refractivity contribution in [3.05, 3.63) is 88.8 Å². The molecule has 4 aromatic rings. The Morgan fingerprint density at radius 2 is 1.79 bits per heavy atom. The minimum Gasteiger partial charge on any atom is -0.361 e. The Balaban J connectivity index is 1.55. The molecule has 0 aliphatic rings. The third kappa shape index (κ3) is 3.96. The average molecular weight is 386 g/mol. The number of amides is 1. The predicted octanol–water partition coefficient (Wildman–Crippen LogP) is 3.44. The molecule has 2 aromatic heterocycles. The number of para-hydroxylation sites is 1. The first-order valence-electron chi connectivity index (χ1n) is 9.62. The highest BCUT2D eigenvalue weighted by Gasteiger charge is 2.16. The molecule has 0 spiro atoms. The summed E-state index contributed by atoms with van der Waals surface area (Å²) in [6.45, 7) is 2.87. The van der Waals surface area contributed by atoms with E-state index < -0.39 is 0 Å². The fourth-order valence-corrected chi connectivity index (χ4v) is 3.40. The number of aromatic nitrogens is 3. The van der Waals surface area contributed by atoms with Crippen LogP contribution >= 0.6 is 0 Å². The number of benzene rings is 2. The van der Waals surface area contributed by atoms with Gasteiger partial charge in [0.1, 0.15) is 6.54 Å². The SMILES string of the molecule is CCN(Cc1c[nH]c2ccccc12)C(=O)Cn1nc(-c2ccccc2)ccc1=O. The second kappa shape index (κ2) is 8.14. The van der Waals surface area contributed by atoms with E-state index in [9.17, 15) is 9.59 Å². The smallest absolute Gasteiger partial charge is 0.267 e. The summed E-state index contributed by atoms with van der Waals surface area (Å²) in [7, 11) is 0.